The van der Waals surface area contributed by atoms with Gasteiger partial charge in [-0.2, -0.15) is 0 Å². The van der Waals surface area contributed by atoms with Crippen molar-refractivity contribution < 1.29 is 4.79 Å². The van der Waals surface area contributed by atoms with Gasteiger partial charge in [-0.1, -0.05) is 30.7 Å². The summed E-state index contributed by atoms with van der Waals surface area (Å²) in [5.41, 5.74) is 0.837. The van der Waals surface area contributed by atoms with Crippen LogP contribution in [-0.4, -0.2) is 19.0 Å². The molecule has 1 heterocycles. The van der Waals surface area contributed by atoms with Gasteiger partial charge in [-0.3, -0.25) is 4.79 Å². The van der Waals surface area contributed by atoms with Crippen LogP contribution in [0.1, 0.15) is 44.7 Å². The summed E-state index contributed by atoms with van der Waals surface area (Å²) in [5, 5.41) is 7.19. The third kappa shape index (κ3) is 3.33. The van der Waals surface area contributed by atoms with E-state index >= 15 is 0 Å². The zero-order chi connectivity index (χ0) is 14.6. The second kappa shape index (κ2) is 6.59. The van der Waals surface area contributed by atoms with Gasteiger partial charge in [-0.15, -0.1) is 0 Å². The van der Waals surface area contributed by atoms with Crippen molar-refractivity contribution in [1.82, 2.24) is 10.6 Å². The Morgan fingerprint density at radius 1 is 1.45 bits per heavy atom. The van der Waals surface area contributed by atoms with E-state index in [0.29, 0.717) is 5.02 Å². The van der Waals surface area contributed by atoms with Gasteiger partial charge < -0.3 is 10.6 Å². The van der Waals surface area contributed by atoms with Crippen LogP contribution in [0.4, 0.5) is 0 Å². The Kier molecular flexibility index (Phi) is 5.06. The summed E-state index contributed by atoms with van der Waals surface area (Å²) in [6, 6.07) is 7.66. The molecule has 0 aliphatic carbocycles. The zero-order valence-corrected chi connectivity index (χ0v) is 13.0. The number of nitrogens with one attached hydrogen (secondary N) is 2. The van der Waals surface area contributed by atoms with Crippen molar-refractivity contribution in [2.75, 3.05) is 13.1 Å². The molecule has 1 fully saturated rings. The number of carbonyl (C=O) groups excluding carboxylic acids is 1. The van der Waals surface area contributed by atoms with Crippen LogP contribution in [0.5, 0.6) is 0 Å². The average molecular weight is 295 g/mol. The Bertz CT molecular complexity index is 469. The zero-order valence-electron chi connectivity index (χ0n) is 12.2. The summed E-state index contributed by atoms with van der Waals surface area (Å²) < 4.78 is 0. The topological polar surface area (TPSA) is 41.1 Å². The van der Waals surface area contributed by atoms with Crippen LogP contribution in [0.2, 0.25) is 5.02 Å². The molecule has 2 N–H and O–H groups in total. The van der Waals surface area contributed by atoms with Gasteiger partial charge in [-0.05, 0) is 57.0 Å². The number of piperidine rings is 1. The van der Waals surface area contributed by atoms with Crippen LogP contribution in [0.25, 0.3) is 0 Å². The molecular weight excluding hydrogens is 272 g/mol. The molecular formula is C16H23ClN2O. The van der Waals surface area contributed by atoms with Crippen LogP contribution in [0.3, 0.4) is 0 Å². The van der Waals surface area contributed by atoms with E-state index in [-0.39, 0.29) is 17.4 Å². The Hall–Kier alpha value is -1.06. The van der Waals surface area contributed by atoms with Crippen LogP contribution < -0.4 is 10.6 Å². The molecule has 1 amide bonds. The van der Waals surface area contributed by atoms with Crippen molar-refractivity contribution in [1.29, 1.82) is 0 Å². The number of rotatable bonds is 4. The fraction of sp³-hybridized carbons (Fsp3) is 0.562. The first-order chi connectivity index (χ1) is 9.57. The second-order valence-electron chi connectivity index (χ2n) is 5.63. The van der Waals surface area contributed by atoms with Crippen molar-refractivity contribution in [2.24, 2.45) is 5.41 Å². The molecule has 0 saturated carbocycles. The lowest BCUT2D eigenvalue weighted by Crippen LogP contribution is -2.47. The first-order valence-electron chi connectivity index (χ1n) is 7.34. The molecule has 1 saturated heterocycles. The number of hydrogen-bond donors (Lipinski definition) is 2. The molecule has 0 spiro atoms. The van der Waals surface area contributed by atoms with E-state index in [4.69, 9.17) is 11.6 Å². The Morgan fingerprint density at radius 2 is 2.15 bits per heavy atom. The minimum atomic E-state index is -0.210. The Balaban J connectivity index is 2.06. The fourth-order valence-electron chi connectivity index (χ4n) is 2.86. The van der Waals surface area contributed by atoms with Crippen LogP contribution in [0.15, 0.2) is 24.3 Å². The van der Waals surface area contributed by atoms with Crippen LogP contribution in [0, 0.1) is 5.41 Å². The molecule has 20 heavy (non-hydrogen) atoms. The fourth-order valence-corrected chi connectivity index (χ4v) is 3.05. The number of benzene rings is 1. The van der Waals surface area contributed by atoms with E-state index < -0.39 is 0 Å². The van der Waals surface area contributed by atoms with Crippen LogP contribution >= 0.6 is 11.6 Å². The summed E-state index contributed by atoms with van der Waals surface area (Å²) >= 11 is 6.01. The third-order valence-electron chi connectivity index (χ3n) is 4.42. The minimum Gasteiger partial charge on any atom is -0.349 e. The van der Waals surface area contributed by atoms with E-state index in [0.717, 1.165) is 37.9 Å². The van der Waals surface area contributed by atoms with Gasteiger partial charge in [0.25, 0.3) is 0 Å². The summed E-state index contributed by atoms with van der Waals surface area (Å²) in [5.74, 6) is 0.175. The van der Waals surface area contributed by atoms with Gasteiger partial charge in [0.15, 0.2) is 0 Å². The van der Waals surface area contributed by atoms with Gasteiger partial charge in [0, 0.05) is 5.02 Å². The molecule has 0 bridgehead atoms. The molecule has 110 valence electrons. The summed E-state index contributed by atoms with van der Waals surface area (Å²) in [6.45, 7) is 5.96. The van der Waals surface area contributed by atoms with E-state index in [9.17, 15) is 4.79 Å². The Labute approximate surface area is 126 Å². The van der Waals surface area contributed by atoms with Gasteiger partial charge in [0.2, 0.25) is 5.91 Å². The predicted octanol–water partition coefficient (Wildman–Crippen LogP) is 3.30. The Morgan fingerprint density at radius 3 is 2.75 bits per heavy atom. The van der Waals surface area contributed by atoms with Crippen molar-refractivity contribution in [3.05, 3.63) is 34.9 Å². The van der Waals surface area contributed by atoms with E-state index in [2.05, 4.69) is 17.6 Å². The lowest BCUT2D eigenvalue weighted by atomic mass is 9.75. The first-order valence-corrected chi connectivity index (χ1v) is 7.72. The lowest BCUT2D eigenvalue weighted by Gasteiger charge is -2.36. The molecule has 1 aliphatic heterocycles. The van der Waals surface area contributed by atoms with E-state index in [1.807, 2.05) is 31.2 Å². The first kappa shape index (κ1) is 15.3. The van der Waals surface area contributed by atoms with Crippen molar-refractivity contribution in [3.63, 3.8) is 0 Å². The molecule has 2 rings (SSSR count). The lowest BCUT2D eigenvalue weighted by molar-refractivity contribution is -0.133. The molecule has 1 aromatic carbocycles. The number of halogens is 1. The molecule has 0 unspecified atom stereocenters. The van der Waals surface area contributed by atoms with Crippen LogP contribution in [-0.2, 0) is 4.79 Å². The molecule has 1 aliphatic rings. The summed E-state index contributed by atoms with van der Waals surface area (Å²) in [4.78, 5) is 12.6. The number of amides is 1. The monoisotopic (exact) mass is 294 g/mol. The second-order valence-corrected chi connectivity index (χ2v) is 6.07. The van der Waals surface area contributed by atoms with Crippen molar-refractivity contribution in [3.8, 4) is 0 Å². The van der Waals surface area contributed by atoms with E-state index in [1.165, 1.54) is 0 Å². The molecule has 1 aromatic rings. The summed E-state index contributed by atoms with van der Waals surface area (Å²) in [7, 11) is 0. The van der Waals surface area contributed by atoms with Gasteiger partial charge >= 0.3 is 0 Å². The number of hydrogen-bond acceptors (Lipinski definition) is 2. The summed E-state index contributed by atoms with van der Waals surface area (Å²) in [6.07, 6.45) is 2.72. The maximum Gasteiger partial charge on any atom is 0.226 e. The third-order valence-corrected chi connectivity index (χ3v) is 4.65. The molecule has 1 atom stereocenters. The predicted molar refractivity (Wildman–Crippen MR) is 82.8 cm³/mol. The van der Waals surface area contributed by atoms with Crippen molar-refractivity contribution in [2.45, 2.75) is 39.2 Å². The molecule has 0 radical (unpaired) electrons. The maximum absolute atomic E-state index is 12.6. The highest BCUT2D eigenvalue weighted by molar-refractivity contribution is 6.30. The van der Waals surface area contributed by atoms with Gasteiger partial charge in [0.05, 0.1) is 11.5 Å². The molecule has 0 aromatic heterocycles. The highest BCUT2D eigenvalue weighted by Gasteiger charge is 2.38. The standard InChI is InChI=1S/C16H23ClN2O/c1-3-16(7-9-18-10-8-16)15(20)19-12(2)13-5-4-6-14(17)11-13/h4-6,11-12,18H,3,7-10H2,1-2H3,(H,19,20)/t12-/m0/s1. The average Bonchev–Trinajstić information content (AvgIpc) is 2.47. The quantitative estimate of drug-likeness (QED) is 0.894. The minimum absolute atomic E-state index is 0.0143. The molecule has 3 nitrogen and oxygen atoms in total. The maximum atomic E-state index is 12.6. The number of carbonyl (C=O) groups is 1. The highest BCUT2D eigenvalue weighted by atomic mass is 35.5. The smallest absolute Gasteiger partial charge is 0.226 e. The van der Waals surface area contributed by atoms with E-state index in [1.54, 1.807) is 0 Å². The highest BCUT2D eigenvalue weighted by Crippen LogP contribution is 2.33. The van der Waals surface area contributed by atoms with Gasteiger partial charge in [-0.25, -0.2) is 0 Å². The molecule has 4 heteroatoms. The largest absolute Gasteiger partial charge is 0.349 e. The van der Waals surface area contributed by atoms with Crippen molar-refractivity contribution >= 4 is 17.5 Å². The normalized spacial score (nSPS) is 19.4. The van der Waals surface area contributed by atoms with Gasteiger partial charge in [0.1, 0.15) is 0 Å². The SMILES string of the molecule is CCC1(C(=O)N[C@@H](C)c2cccc(Cl)c2)CCNCC1.